The number of rotatable bonds is 2. The summed E-state index contributed by atoms with van der Waals surface area (Å²) >= 11 is 0. The van der Waals surface area contributed by atoms with Gasteiger partial charge in [-0.05, 0) is 24.5 Å². The van der Waals surface area contributed by atoms with Crippen molar-refractivity contribution < 1.29 is 0 Å². The van der Waals surface area contributed by atoms with Crippen molar-refractivity contribution in [2.45, 2.75) is 18.9 Å². The van der Waals surface area contributed by atoms with Gasteiger partial charge in [-0.15, -0.1) is 4.91 Å². The Bertz CT molecular complexity index is 564. The molecule has 3 heterocycles. The molecule has 1 aromatic heterocycles. The van der Waals surface area contributed by atoms with E-state index in [0.717, 1.165) is 12.1 Å². The molecule has 0 amide bonds. The van der Waals surface area contributed by atoms with Gasteiger partial charge in [0.1, 0.15) is 0 Å². The lowest BCUT2D eigenvalue weighted by molar-refractivity contribution is 0.122. The van der Waals surface area contributed by atoms with Crippen LogP contribution in [0.3, 0.4) is 0 Å². The van der Waals surface area contributed by atoms with Gasteiger partial charge >= 0.3 is 0 Å². The third-order valence-electron chi connectivity index (χ3n) is 3.95. The predicted octanol–water partition coefficient (Wildman–Crippen LogP) is 1.59. The molecule has 0 N–H and O–H groups in total. The lowest BCUT2D eigenvalue weighted by atomic mass is 9.83. The molecule has 2 bridgehead atoms. The molecule has 2 atom stereocenters. The standard InChI is InChI=1S/C13H15N3O2/c1-2-10-3-4-12-11-5-9(6-15(8-11)14-18)7-16(12)13(10)17/h2-4,9,11H,1,5-8H2/t9-,11-/m1/s1. The molecule has 0 aliphatic carbocycles. The summed E-state index contributed by atoms with van der Waals surface area (Å²) in [5.41, 5.74) is 1.70. The second kappa shape index (κ2) is 4.08. The summed E-state index contributed by atoms with van der Waals surface area (Å²) in [6.07, 6.45) is 2.64. The molecule has 0 radical (unpaired) electrons. The van der Waals surface area contributed by atoms with E-state index in [2.05, 4.69) is 11.9 Å². The SMILES string of the molecule is C=Cc1ccc2n(c1=O)C[C@@H]1C[C@@H]2CN(N=O)C1. The lowest BCUT2D eigenvalue weighted by Crippen LogP contribution is -2.45. The van der Waals surface area contributed by atoms with E-state index in [-0.39, 0.29) is 11.5 Å². The zero-order valence-electron chi connectivity index (χ0n) is 10.1. The van der Waals surface area contributed by atoms with Crippen LogP contribution in [0.4, 0.5) is 0 Å². The summed E-state index contributed by atoms with van der Waals surface area (Å²) in [4.78, 5) is 22.9. The van der Waals surface area contributed by atoms with Crippen molar-refractivity contribution >= 4 is 6.08 Å². The van der Waals surface area contributed by atoms with Gasteiger partial charge in [0.05, 0.1) is 5.29 Å². The maximum absolute atomic E-state index is 12.2. The highest BCUT2D eigenvalue weighted by atomic mass is 16.3. The first-order valence-electron chi connectivity index (χ1n) is 6.17. The number of pyridine rings is 1. The fourth-order valence-electron chi connectivity index (χ4n) is 3.16. The summed E-state index contributed by atoms with van der Waals surface area (Å²) in [5, 5.41) is 4.62. The molecule has 0 saturated carbocycles. The van der Waals surface area contributed by atoms with Gasteiger partial charge in [0.15, 0.2) is 0 Å². The van der Waals surface area contributed by atoms with Crippen LogP contribution < -0.4 is 5.56 Å². The highest BCUT2D eigenvalue weighted by molar-refractivity contribution is 5.45. The van der Waals surface area contributed by atoms with Crippen molar-refractivity contribution in [2.75, 3.05) is 13.1 Å². The van der Waals surface area contributed by atoms with Crippen molar-refractivity contribution in [3.8, 4) is 0 Å². The predicted molar refractivity (Wildman–Crippen MR) is 69.0 cm³/mol. The number of fused-ring (bicyclic) bond motifs is 4. The van der Waals surface area contributed by atoms with Crippen molar-refractivity contribution in [2.24, 2.45) is 11.2 Å². The number of hydrogen-bond acceptors (Lipinski definition) is 3. The minimum absolute atomic E-state index is 0.0321. The monoisotopic (exact) mass is 245 g/mol. The second-order valence-corrected chi connectivity index (χ2v) is 5.09. The molecule has 1 fully saturated rings. The minimum atomic E-state index is 0.0321. The average Bonchev–Trinajstić information content (AvgIpc) is 2.40. The molecule has 0 unspecified atom stereocenters. The highest BCUT2D eigenvalue weighted by Gasteiger charge is 2.34. The Morgan fingerprint density at radius 1 is 1.33 bits per heavy atom. The first kappa shape index (κ1) is 11.2. The third kappa shape index (κ3) is 1.58. The van der Waals surface area contributed by atoms with E-state index >= 15 is 0 Å². The van der Waals surface area contributed by atoms with Crippen LogP contribution in [0.25, 0.3) is 6.08 Å². The van der Waals surface area contributed by atoms with Gasteiger partial charge in [0.2, 0.25) is 0 Å². The highest BCUT2D eigenvalue weighted by Crippen LogP contribution is 2.35. The van der Waals surface area contributed by atoms with E-state index < -0.39 is 0 Å². The smallest absolute Gasteiger partial charge is 0.258 e. The maximum atomic E-state index is 12.2. The Balaban J connectivity index is 2.08. The number of piperidine rings is 1. The number of aromatic nitrogens is 1. The third-order valence-corrected chi connectivity index (χ3v) is 3.95. The molecule has 0 aromatic carbocycles. The van der Waals surface area contributed by atoms with Crippen LogP contribution in [0.1, 0.15) is 23.6 Å². The first-order valence-corrected chi connectivity index (χ1v) is 6.17. The largest absolute Gasteiger partial charge is 0.311 e. The Hall–Kier alpha value is -1.91. The van der Waals surface area contributed by atoms with Crippen molar-refractivity contribution in [3.63, 3.8) is 0 Å². The molecule has 1 aromatic rings. The van der Waals surface area contributed by atoms with Crippen LogP contribution in [-0.4, -0.2) is 22.7 Å². The van der Waals surface area contributed by atoms with Crippen LogP contribution in [0.5, 0.6) is 0 Å². The Kier molecular flexibility index (Phi) is 2.54. The van der Waals surface area contributed by atoms with E-state index in [9.17, 15) is 9.70 Å². The van der Waals surface area contributed by atoms with Crippen molar-refractivity contribution in [3.05, 3.63) is 45.2 Å². The van der Waals surface area contributed by atoms with E-state index in [1.807, 2.05) is 16.7 Å². The molecular weight excluding hydrogens is 230 g/mol. The van der Waals surface area contributed by atoms with Crippen LogP contribution in [0, 0.1) is 10.8 Å². The summed E-state index contributed by atoms with van der Waals surface area (Å²) < 4.78 is 1.85. The number of hydrogen-bond donors (Lipinski definition) is 0. The molecule has 1 saturated heterocycles. The molecule has 18 heavy (non-hydrogen) atoms. The Morgan fingerprint density at radius 2 is 2.17 bits per heavy atom. The molecule has 94 valence electrons. The molecule has 5 heteroatoms. The fraction of sp³-hybridized carbons (Fsp3) is 0.462. The number of nitrogens with zero attached hydrogens (tertiary/aromatic N) is 3. The van der Waals surface area contributed by atoms with Crippen molar-refractivity contribution in [1.82, 2.24) is 9.58 Å². The quantitative estimate of drug-likeness (QED) is 0.743. The maximum Gasteiger partial charge on any atom is 0.258 e. The molecule has 2 aliphatic rings. The molecular formula is C13H15N3O2. The van der Waals surface area contributed by atoms with Crippen LogP contribution in [-0.2, 0) is 6.54 Å². The summed E-state index contributed by atoms with van der Waals surface area (Å²) in [7, 11) is 0. The van der Waals surface area contributed by atoms with Gasteiger partial charge in [-0.25, -0.2) is 0 Å². The molecule has 0 spiro atoms. The summed E-state index contributed by atoms with van der Waals surface area (Å²) in [6, 6.07) is 3.79. The van der Waals surface area contributed by atoms with Crippen LogP contribution in [0.2, 0.25) is 0 Å². The first-order chi connectivity index (χ1) is 8.72. The minimum Gasteiger partial charge on any atom is -0.311 e. The second-order valence-electron chi connectivity index (χ2n) is 5.09. The Labute approximate surface area is 105 Å². The molecule has 5 nitrogen and oxygen atoms in total. The van der Waals surface area contributed by atoms with E-state index in [1.165, 1.54) is 0 Å². The van der Waals surface area contributed by atoms with E-state index in [0.29, 0.717) is 31.1 Å². The fourth-order valence-corrected chi connectivity index (χ4v) is 3.16. The van der Waals surface area contributed by atoms with Gasteiger partial charge < -0.3 is 4.57 Å². The Morgan fingerprint density at radius 3 is 2.89 bits per heavy atom. The topological polar surface area (TPSA) is 54.7 Å². The lowest BCUT2D eigenvalue weighted by Gasteiger charge is -2.40. The van der Waals surface area contributed by atoms with Gasteiger partial charge in [0.25, 0.3) is 5.56 Å². The summed E-state index contributed by atoms with van der Waals surface area (Å²) in [5.74, 6) is 0.577. The zero-order chi connectivity index (χ0) is 12.7. The van der Waals surface area contributed by atoms with Crippen molar-refractivity contribution in [1.29, 1.82) is 0 Å². The average molecular weight is 245 g/mol. The van der Waals surface area contributed by atoms with Crippen LogP contribution >= 0.6 is 0 Å². The van der Waals surface area contributed by atoms with Gasteiger partial charge in [-0.1, -0.05) is 12.7 Å². The van der Waals surface area contributed by atoms with Gasteiger partial charge in [-0.3, -0.25) is 9.80 Å². The van der Waals surface area contributed by atoms with Gasteiger partial charge in [0, 0.05) is 36.8 Å². The normalized spacial score (nSPS) is 25.4. The van der Waals surface area contributed by atoms with E-state index in [1.54, 1.807) is 11.1 Å². The van der Waals surface area contributed by atoms with Gasteiger partial charge in [-0.2, -0.15) is 0 Å². The van der Waals surface area contributed by atoms with E-state index in [4.69, 9.17) is 0 Å². The molecule has 2 aliphatic heterocycles. The summed E-state index contributed by atoms with van der Waals surface area (Å²) in [6.45, 7) is 5.61. The molecule has 3 rings (SSSR count). The van der Waals surface area contributed by atoms with Crippen LogP contribution in [0.15, 0.2) is 28.8 Å². The number of nitroso groups, excluding NO2 is 1. The zero-order valence-corrected chi connectivity index (χ0v) is 10.1.